The summed E-state index contributed by atoms with van der Waals surface area (Å²) in [5.74, 6) is 0. The SMILES string of the molecule is CNC1Nc2ccccc2N1. The zero-order chi connectivity index (χ0) is 7.68. The molecule has 2 rings (SSSR count). The lowest BCUT2D eigenvalue weighted by molar-refractivity contribution is 0.715. The highest BCUT2D eigenvalue weighted by Crippen LogP contribution is 2.26. The minimum absolute atomic E-state index is 0.174. The van der Waals surface area contributed by atoms with E-state index in [0.717, 1.165) is 11.4 Å². The second kappa shape index (κ2) is 2.43. The smallest absolute Gasteiger partial charge is 0.152 e. The van der Waals surface area contributed by atoms with Crippen LogP contribution in [0.25, 0.3) is 0 Å². The van der Waals surface area contributed by atoms with Gasteiger partial charge in [0, 0.05) is 0 Å². The largest absolute Gasteiger partial charge is 0.351 e. The first-order valence-electron chi connectivity index (χ1n) is 3.69. The molecule has 0 spiro atoms. The number of para-hydroxylation sites is 2. The Morgan fingerprint density at radius 2 is 1.73 bits per heavy atom. The van der Waals surface area contributed by atoms with Gasteiger partial charge in [-0.1, -0.05) is 12.1 Å². The Hall–Kier alpha value is -1.22. The van der Waals surface area contributed by atoms with Crippen molar-refractivity contribution >= 4 is 11.4 Å². The molecule has 0 bridgehead atoms. The van der Waals surface area contributed by atoms with E-state index in [1.54, 1.807) is 0 Å². The molecule has 0 fully saturated rings. The van der Waals surface area contributed by atoms with E-state index in [4.69, 9.17) is 0 Å². The monoisotopic (exact) mass is 149 g/mol. The molecular weight excluding hydrogens is 138 g/mol. The van der Waals surface area contributed by atoms with Crippen LogP contribution < -0.4 is 16.0 Å². The molecule has 0 saturated carbocycles. The molecule has 3 N–H and O–H groups in total. The van der Waals surface area contributed by atoms with E-state index in [9.17, 15) is 0 Å². The number of benzene rings is 1. The number of anilines is 2. The number of fused-ring (bicyclic) bond motifs is 1. The van der Waals surface area contributed by atoms with E-state index in [1.165, 1.54) is 0 Å². The quantitative estimate of drug-likeness (QED) is 0.558. The normalized spacial score (nSPS) is 15.4. The summed E-state index contributed by atoms with van der Waals surface area (Å²) in [5, 5.41) is 9.61. The summed E-state index contributed by atoms with van der Waals surface area (Å²) in [4.78, 5) is 0. The third-order valence-corrected chi connectivity index (χ3v) is 1.82. The average molecular weight is 149 g/mol. The number of hydrogen-bond donors (Lipinski definition) is 3. The van der Waals surface area contributed by atoms with E-state index in [0.29, 0.717) is 0 Å². The van der Waals surface area contributed by atoms with Gasteiger partial charge in [-0.2, -0.15) is 0 Å². The van der Waals surface area contributed by atoms with E-state index >= 15 is 0 Å². The van der Waals surface area contributed by atoms with Gasteiger partial charge in [-0.3, -0.25) is 5.32 Å². The molecule has 3 nitrogen and oxygen atoms in total. The van der Waals surface area contributed by atoms with Gasteiger partial charge in [0.05, 0.1) is 11.4 Å². The maximum absolute atomic E-state index is 3.26. The third kappa shape index (κ3) is 1.03. The molecule has 0 aliphatic carbocycles. The number of hydrogen-bond acceptors (Lipinski definition) is 3. The van der Waals surface area contributed by atoms with Gasteiger partial charge < -0.3 is 10.6 Å². The minimum Gasteiger partial charge on any atom is -0.351 e. The van der Waals surface area contributed by atoms with Gasteiger partial charge in [-0.05, 0) is 19.2 Å². The molecular formula is C8H11N3. The molecule has 0 amide bonds. The Morgan fingerprint density at radius 3 is 2.18 bits per heavy atom. The Bertz CT molecular complexity index is 234. The van der Waals surface area contributed by atoms with Crippen molar-refractivity contribution < 1.29 is 0 Å². The van der Waals surface area contributed by atoms with Crippen LogP contribution in [-0.2, 0) is 0 Å². The van der Waals surface area contributed by atoms with Crippen LogP contribution in [0.4, 0.5) is 11.4 Å². The van der Waals surface area contributed by atoms with E-state index in [-0.39, 0.29) is 6.29 Å². The molecule has 1 aliphatic rings. The Balaban J connectivity index is 2.27. The van der Waals surface area contributed by atoms with Crippen molar-refractivity contribution in [1.82, 2.24) is 5.32 Å². The summed E-state index contributed by atoms with van der Waals surface area (Å²) in [5.41, 5.74) is 2.32. The number of nitrogens with one attached hydrogen (secondary N) is 3. The minimum atomic E-state index is 0.174. The lowest BCUT2D eigenvalue weighted by Gasteiger charge is -2.09. The van der Waals surface area contributed by atoms with Crippen LogP contribution in [0.15, 0.2) is 24.3 Å². The van der Waals surface area contributed by atoms with Crippen LogP contribution in [0, 0.1) is 0 Å². The van der Waals surface area contributed by atoms with E-state index in [2.05, 4.69) is 28.1 Å². The summed E-state index contributed by atoms with van der Waals surface area (Å²) in [6.45, 7) is 0. The first-order chi connectivity index (χ1) is 5.40. The fourth-order valence-corrected chi connectivity index (χ4v) is 1.23. The van der Waals surface area contributed by atoms with Gasteiger partial charge in [0.2, 0.25) is 0 Å². The van der Waals surface area contributed by atoms with Crippen LogP contribution in [0.5, 0.6) is 0 Å². The average Bonchev–Trinajstić information content (AvgIpc) is 2.46. The molecule has 1 aliphatic heterocycles. The maximum atomic E-state index is 3.26. The van der Waals surface area contributed by atoms with E-state index < -0.39 is 0 Å². The molecule has 1 aromatic carbocycles. The summed E-state index contributed by atoms with van der Waals surface area (Å²) in [7, 11) is 1.91. The molecule has 1 aromatic rings. The third-order valence-electron chi connectivity index (χ3n) is 1.82. The van der Waals surface area contributed by atoms with Crippen LogP contribution in [0.3, 0.4) is 0 Å². The van der Waals surface area contributed by atoms with Gasteiger partial charge in [-0.15, -0.1) is 0 Å². The Morgan fingerprint density at radius 1 is 1.18 bits per heavy atom. The lowest BCUT2D eigenvalue weighted by Crippen LogP contribution is -2.35. The predicted molar refractivity (Wildman–Crippen MR) is 46.5 cm³/mol. The molecule has 1 heterocycles. The fraction of sp³-hybridized carbons (Fsp3) is 0.250. The fourth-order valence-electron chi connectivity index (χ4n) is 1.23. The van der Waals surface area contributed by atoms with Crippen molar-refractivity contribution in [2.45, 2.75) is 6.29 Å². The first-order valence-corrected chi connectivity index (χ1v) is 3.69. The molecule has 0 aromatic heterocycles. The summed E-state index contributed by atoms with van der Waals surface area (Å²) >= 11 is 0. The van der Waals surface area contributed by atoms with Gasteiger partial charge in [-0.25, -0.2) is 0 Å². The van der Waals surface area contributed by atoms with Crippen molar-refractivity contribution in [3.05, 3.63) is 24.3 Å². The second-order valence-electron chi connectivity index (χ2n) is 2.56. The highest BCUT2D eigenvalue weighted by Gasteiger charge is 2.15. The molecule has 0 unspecified atom stereocenters. The molecule has 0 saturated heterocycles. The van der Waals surface area contributed by atoms with Crippen molar-refractivity contribution in [3.63, 3.8) is 0 Å². The second-order valence-corrected chi connectivity index (χ2v) is 2.56. The summed E-state index contributed by atoms with van der Waals surface area (Å²) < 4.78 is 0. The van der Waals surface area contributed by atoms with Gasteiger partial charge in [0.15, 0.2) is 6.29 Å². The van der Waals surface area contributed by atoms with Gasteiger partial charge >= 0.3 is 0 Å². The summed E-state index contributed by atoms with van der Waals surface area (Å²) in [6, 6.07) is 8.15. The Labute approximate surface area is 65.8 Å². The topological polar surface area (TPSA) is 36.1 Å². The standard InChI is InChI=1S/C8H11N3/c1-9-8-10-6-4-2-3-5-7(6)11-8/h2-5,8-11H,1H3. The summed E-state index contributed by atoms with van der Waals surface area (Å²) in [6.07, 6.45) is 0.174. The lowest BCUT2D eigenvalue weighted by atomic mass is 10.3. The number of rotatable bonds is 1. The molecule has 3 heteroatoms. The van der Waals surface area contributed by atoms with E-state index in [1.807, 2.05) is 19.2 Å². The van der Waals surface area contributed by atoms with Gasteiger partial charge in [0.25, 0.3) is 0 Å². The highest BCUT2D eigenvalue weighted by molar-refractivity contribution is 5.73. The first kappa shape index (κ1) is 6.49. The molecule has 11 heavy (non-hydrogen) atoms. The maximum Gasteiger partial charge on any atom is 0.152 e. The van der Waals surface area contributed by atoms with Crippen LogP contribution in [0.1, 0.15) is 0 Å². The zero-order valence-corrected chi connectivity index (χ0v) is 6.39. The Kier molecular flexibility index (Phi) is 1.43. The van der Waals surface area contributed by atoms with Crippen molar-refractivity contribution in [3.8, 4) is 0 Å². The predicted octanol–water partition coefficient (Wildman–Crippen LogP) is 1.03. The van der Waals surface area contributed by atoms with Crippen molar-refractivity contribution in [2.75, 3.05) is 17.7 Å². The highest BCUT2D eigenvalue weighted by atomic mass is 15.3. The van der Waals surface area contributed by atoms with Crippen molar-refractivity contribution in [2.24, 2.45) is 0 Å². The van der Waals surface area contributed by atoms with Crippen LogP contribution >= 0.6 is 0 Å². The van der Waals surface area contributed by atoms with Crippen LogP contribution in [-0.4, -0.2) is 13.3 Å². The molecule has 0 atom stereocenters. The zero-order valence-electron chi connectivity index (χ0n) is 6.39. The van der Waals surface area contributed by atoms with Crippen molar-refractivity contribution in [1.29, 1.82) is 0 Å². The van der Waals surface area contributed by atoms with Crippen LogP contribution in [0.2, 0.25) is 0 Å². The molecule has 58 valence electrons. The van der Waals surface area contributed by atoms with Gasteiger partial charge in [0.1, 0.15) is 0 Å². The molecule has 0 radical (unpaired) electrons.